The normalized spacial score (nSPS) is 20.0. The molecule has 2 aliphatic heterocycles. The largest absolute Gasteiger partial charge is 0.381 e. The van der Waals surface area contributed by atoms with Crippen LogP contribution in [0.25, 0.3) is 0 Å². The number of sulfonamides is 1. The van der Waals surface area contributed by atoms with Gasteiger partial charge >= 0.3 is 0 Å². The molecule has 0 spiro atoms. The van der Waals surface area contributed by atoms with Crippen molar-refractivity contribution in [3.63, 3.8) is 0 Å². The van der Waals surface area contributed by atoms with Crippen LogP contribution in [0, 0.1) is 0 Å². The summed E-state index contributed by atoms with van der Waals surface area (Å²) in [6.07, 6.45) is 1.73. The SMILES string of the molecule is O=C(NCC1(c2cccs2)CCOCC1)c1ccc(S(=O)(=O)N2CCOCC2)cc1. The molecule has 1 N–H and O–H groups in total. The Labute approximate surface area is 181 Å². The van der Waals surface area contributed by atoms with E-state index in [2.05, 4.69) is 16.8 Å². The molecule has 2 fully saturated rings. The van der Waals surface area contributed by atoms with E-state index in [0.717, 1.165) is 12.8 Å². The maximum absolute atomic E-state index is 12.7. The first-order valence-electron chi connectivity index (χ1n) is 10.1. The van der Waals surface area contributed by atoms with Crippen LogP contribution in [0.4, 0.5) is 0 Å². The fourth-order valence-electron chi connectivity index (χ4n) is 3.92. The van der Waals surface area contributed by atoms with E-state index < -0.39 is 10.0 Å². The van der Waals surface area contributed by atoms with Crippen molar-refractivity contribution >= 4 is 27.3 Å². The smallest absolute Gasteiger partial charge is 0.251 e. The summed E-state index contributed by atoms with van der Waals surface area (Å²) in [6, 6.07) is 10.3. The Balaban J connectivity index is 1.43. The summed E-state index contributed by atoms with van der Waals surface area (Å²) in [5.41, 5.74) is 0.339. The molecular weight excluding hydrogens is 424 g/mol. The number of carbonyl (C=O) groups is 1. The highest BCUT2D eigenvalue weighted by molar-refractivity contribution is 7.89. The van der Waals surface area contributed by atoms with Crippen molar-refractivity contribution in [2.24, 2.45) is 0 Å². The number of morpholine rings is 1. The summed E-state index contributed by atoms with van der Waals surface area (Å²) < 4.78 is 37.6. The van der Waals surface area contributed by atoms with Crippen molar-refractivity contribution in [3.05, 3.63) is 52.2 Å². The second-order valence-corrected chi connectivity index (χ2v) is 10.5. The number of hydrogen-bond acceptors (Lipinski definition) is 6. The second-order valence-electron chi connectivity index (χ2n) is 7.59. The van der Waals surface area contributed by atoms with Crippen LogP contribution in [0.15, 0.2) is 46.7 Å². The lowest BCUT2D eigenvalue weighted by Crippen LogP contribution is -2.44. The van der Waals surface area contributed by atoms with Gasteiger partial charge in [-0.15, -0.1) is 11.3 Å². The van der Waals surface area contributed by atoms with Crippen molar-refractivity contribution in [1.82, 2.24) is 9.62 Å². The minimum absolute atomic E-state index is 0.109. The molecule has 2 aliphatic rings. The van der Waals surface area contributed by atoms with Crippen LogP contribution < -0.4 is 5.32 Å². The number of nitrogens with one attached hydrogen (secondary N) is 1. The zero-order valence-corrected chi connectivity index (χ0v) is 18.3. The Hall–Kier alpha value is -1.78. The summed E-state index contributed by atoms with van der Waals surface area (Å²) in [7, 11) is -3.56. The molecule has 4 rings (SSSR count). The van der Waals surface area contributed by atoms with Crippen LogP contribution in [0.3, 0.4) is 0 Å². The molecule has 0 unspecified atom stereocenters. The van der Waals surface area contributed by atoms with Crippen LogP contribution in [0.1, 0.15) is 28.1 Å². The lowest BCUT2D eigenvalue weighted by molar-refractivity contribution is 0.0499. The first kappa shape index (κ1) is 21.5. The Bertz CT molecular complexity index is 946. The molecule has 30 heavy (non-hydrogen) atoms. The summed E-state index contributed by atoms with van der Waals surface area (Å²) in [4.78, 5) is 14.2. The van der Waals surface area contributed by atoms with Crippen LogP contribution in [0.2, 0.25) is 0 Å². The maximum atomic E-state index is 12.7. The molecule has 1 aromatic carbocycles. The average molecular weight is 451 g/mol. The van der Waals surface area contributed by atoms with Crippen molar-refractivity contribution in [2.45, 2.75) is 23.2 Å². The van der Waals surface area contributed by atoms with E-state index in [1.165, 1.54) is 21.3 Å². The third kappa shape index (κ3) is 4.45. The van der Waals surface area contributed by atoms with Crippen LogP contribution in [-0.2, 0) is 24.9 Å². The van der Waals surface area contributed by atoms with Crippen molar-refractivity contribution < 1.29 is 22.7 Å². The van der Waals surface area contributed by atoms with E-state index in [9.17, 15) is 13.2 Å². The fourth-order valence-corrected chi connectivity index (χ4v) is 6.31. The monoisotopic (exact) mass is 450 g/mol. The molecule has 0 atom stereocenters. The summed E-state index contributed by atoms with van der Waals surface area (Å²) in [5.74, 6) is -0.201. The number of ether oxygens (including phenoxy) is 2. The maximum Gasteiger partial charge on any atom is 0.251 e. The van der Waals surface area contributed by atoms with E-state index in [-0.39, 0.29) is 16.2 Å². The number of nitrogens with zero attached hydrogens (tertiary/aromatic N) is 1. The van der Waals surface area contributed by atoms with Gasteiger partial charge in [0.2, 0.25) is 10.0 Å². The van der Waals surface area contributed by atoms with Crippen molar-refractivity contribution in [1.29, 1.82) is 0 Å². The van der Waals surface area contributed by atoms with Gasteiger partial charge in [-0.25, -0.2) is 8.42 Å². The molecule has 2 aromatic rings. The average Bonchev–Trinajstić information content (AvgIpc) is 3.35. The van der Waals surface area contributed by atoms with Gasteiger partial charge in [0.25, 0.3) is 5.91 Å². The molecule has 3 heterocycles. The molecule has 0 aliphatic carbocycles. The third-order valence-electron chi connectivity index (χ3n) is 5.81. The number of thiophene rings is 1. The standard InChI is InChI=1S/C21H26N2O5S2/c24-20(22-16-21(7-11-27-12-8-21)19-2-1-15-29-19)17-3-5-18(6-4-17)30(25,26)23-9-13-28-14-10-23/h1-6,15H,7-14,16H2,(H,22,24). The molecule has 0 radical (unpaired) electrons. The third-order valence-corrected chi connectivity index (χ3v) is 8.83. The highest BCUT2D eigenvalue weighted by atomic mass is 32.2. The molecular formula is C21H26N2O5S2. The van der Waals surface area contributed by atoms with Crippen LogP contribution in [-0.4, -0.2) is 64.7 Å². The predicted octanol–water partition coefficient (Wildman–Crippen LogP) is 2.25. The number of benzene rings is 1. The summed E-state index contributed by atoms with van der Waals surface area (Å²) in [6.45, 7) is 3.39. The van der Waals surface area contributed by atoms with Gasteiger partial charge < -0.3 is 14.8 Å². The molecule has 0 bridgehead atoms. The Morgan fingerprint density at radius 1 is 1.03 bits per heavy atom. The topological polar surface area (TPSA) is 84.9 Å². The van der Waals surface area contributed by atoms with Crippen molar-refractivity contribution in [2.75, 3.05) is 46.1 Å². The molecule has 162 valence electrons. The molecule has 9 heteroatoms. The molecule has 2 saturated heterocycles. The van der Waals surface area contributed by atoms with E-state index in [1.54, 1.807) is 23.5 Å². The Kier molecular flexibility index (Phi) is 6.54. The predicted molar refractivity (Wildman–Crippen MR) is 114 cm³/mol. The zero-order valence-electron chi connectivity index (χ0n) is 16.7. The first-order chi connectivity index (χ1) is 14.5. The summed E-state index contributed by atoms with van der Waals surface area (Å²) in [5, 5.41) is 5.11. The minimum atomic E-state index is -3.56. The second kappa shape index (κ2) is 9.15. The van der Waals surface area contributed by atoms with Gasteiger partial charge in [0.05, 0.1) is 18.1 Å². The summed E-state index contributed by atoms with van der Waals surface area (Å²) >= 11 is 1.71. The van der Waals surface area contributed by atoms with Gasteiger partial charge in [0.15, 0.2) is 0 Å². The number of rotatable bonds is 6. The highest BCUT2D eigenvalue weighted by Gasteiger charge is 2.36. The fraction of sp³-hybridized carbons (Fsp3) is 0.476. The van der Waals surface area contributed by atoms with E-state index in [4.69, 9.17) is 9.47 Å². The van der Waals surface area contributed by atoms with Gasteiger partial charge in [0, 0.05) is 48.7 Å². The van der Waals surface area contributed by atoms with E-state index in [0.29, 0.717) is 51.6 Å². The molecule has 1 aromatic heterocycles. The van der Waals surface area contributed by atoms with Crippen LogP contribution in [0.5, 0.6) is 0 Å². The molecule has 1 amide bonds. The van der Waals surface area contributed by atoms with Gasteiger partial charge in [-0.3, -0.25) is 4.79 Å². The number of amides is 1. The van der Waals surface area contributed by atoms with Gasteiger partial charge in [0.1, 0.15) is 0 Å². The van der Waals surface area contributed by atoms with Gasteiger partial charge in [-0.2, -0.15) is 4.31 Å². The van der Waals surface area contributed by atoms with Crippen LogP contribution >= 0.6 is 11.3 Å². The zero-order chi connectivity index (χ0) is 21.0. The number of carbonyl (C=O) groups excluding carboxylic acids is 1. The van der Waals surface area contributed by atoms with E-state index in [1.807, 2.05) is 6.07 Å². The van der Waals surface area contributed by atoms with Gasteiger partial charge in [-0.05, 0) is 48.6 Å². The minimum Gasteiger partial charge on any atom is -0.381 e. The van der Waals surface area contributed by atoms with Crippen molar-refractivity contribution in [3.8, 4) is 0 Å². The molecule has 7 nitrogen and oxygen atoms in total. The lowest BCUT2D eigenvalue weighted by atomic mass is 9.78. The Morgan fingerprint density at radius 3 is 2.33 bits per heavy atom. The molecule has 0 saturated carbocycles. The van der Waals surface area contributed by atoms with E-state index >= 15 is 0 Å². The lowest BCUT2D eigenvalue weighted by Gasteiger charge is -2.36. The quantitative estimate of drug-likeness (QED) is 0.730. The highest BCUT2D eigenvalue weighted by Crippen LogP contribution is 2.37. The number of hydrogen-bond donors (Lipinski definition) is 1. The Morgan fingerprint density at radius 2 is 1.70 bits per heavy atom. The first-order valence-corrected chi connectivity index (χ1v) is 12.4. The van der Waals surface area contributed by atoms with Gasteiger partial charge in [-0.1, -0.05) is 6.07 Å².